The molecule has 1 fully saturated rings. The van der Waals surface area contributed by atoms with Crippen LogP contribution in [0.25, 0.3) is 21.8 Å². The van der Waals surface area contributed by atoms with Crippen molar-refractivity contribution in [3.63, 3.8) is 0 Å². The van der Waals surface area contributed by atoms with Crippen LogP contribution in [0.15, 0.2) is 60.9 Å². The first kappa shape index (κ1) is 27.0. The minimum Gasteiger partial charge on any atom is -0.390 e. The zero-order valence-electron chi connectivity index (χ0n) is 23.5. The van der Waals surface area contributed by atoms with E-state index in [0.717, 1.165) is 13.1 Å². The van der Waals surface area contributed by atoms with Gasteiger partial charge in [-0.25, -0.2) is 0 Å². The molecule has 0 atom stereocenters. The highest BCUT2D eigenvalue weighted by Crippen LogP contribution is 2.41. The average Bonchev–Trinajstić information content (AvgIpc) is 3.44. The van der Waals surface area contributed by atoms with E-state index in [0.29, 0.717) is 38.5 Å². The van der Waals surface area contributed by atoms with Gasteiger partial charge in [0, 0.05) is 60.1 Å². The minimum absolute atomic E-state index is 0.633. The van der Waals surface area contributed by atoms with E-state index in [1.807, 2.05) is 0 Å². The van der Waals surface area contributed by atoms with Crippen molar-refractivity contribution in [1.29, 1.82) is 0 Å². The van der Waals surface area contributed by atoms with Crippen LogP contribution in [-0.2, 0) is 25.9 Å². The Labute approximate surface area is 228 Å². The summed E-state index contributed by atoms with van der Waals surface area (Å²) in [5, 5.41) is 25.9. The third kappa shape index (κ3) is 5.87. The van der Waals surface area contributed by atoms with Crippen molar-refractivity contribution in [2.24, 2.45) is 0 Å². The number of aryl methyl sites for hydroxylation is 2. The molecule has 2 aromatic carbocycles. The first-order valence-electron chi connectivity index (χ1n) is 15.0. The van der Waals surface area contributed by atoms with E-state index < -0.39 is 11.2 Å². The normalized spacial score (nSPS) is 22.0. The molecule has 0 saturated heterocycles. The molecule has 0 bridgehead atoms. The quantitative estimate of drug-likeness (QED) is 0.190. The Hall–Kier alpha value is -2.56. The molecule has 1 aliphatic rings. The molecule has 0 spiro atoms. The molecule has 1 aliphatic carbocycles. The van der Waals surface area contributed by atoms with Crippen LogP contribution in [0.1, 0.15) is 89.2 Å². The Morgan fingerprint density at radius 1 is 0.605 bits per heavy atom. The van der Waals surface area contributed by atoms with Crippen molar-refractivity contribution >= 4 is 21.8 Å². The molecule has 2 N–H and O–H groups in total. The lowest BCUT2D eigenvalue weighted by Crippen LogP contribution is -2.45. The van der Waals surface area contributed by atoms with E-state index in [2.05, 4.69) is 83.9 Å². The van der Waals surface area contributed by atoms with Gasteiger partial charge in [0.25, 0.3) is 0 Å². The number of nitrogens with zero attached hydrogens (tertiary/aromatic N) is 2. The number of hydrogen-bond acceptors (Lipinski definition) is 2. The predicted octanol–water partition coefficient (Wildman–Crippen LogP) is 7.80. The molecule has 38 heavy (non-hydrogen) atoms. The number of hydrogen-bond donors (Lipinski definition) is 2. The largest absolute Gasteiger partial charge is 0.390 e. The molecule has 0 radical (unpaired) electrons. The number of aliphatic hydroxyl groups is 2. The molecular formula is C34H46N2O2. The fourth-order valence-electron chi connectivity index (χ4n) is 6.60. The van der Waals surface area contributed by atoms with Crippen LogP contribution in [0.2, 0.25) is 0 Å². The highest BCUT2D eigenvalue weighted by molar-refractivity contribution is 5.85. The molecule has 4 nitrogen and oxygen atoms in total. The predicted molar refractivity (Wildman–Crippen MR) is 159 cm³/mol. The van der Waals surface area contributed by atoms with E-state index in [4.69, 9.17) is 0 Å². The second-order valence-electron chi connectivity index (χ2n) is 11.9. The summed E-state index contributed by atoms with van der Waals surface area (Å²) in [7, 11) is 0. The second-order valence-corrected chi connectivity index (χ2v) is 11.9. The molecule has 204 valence electrons. The summed E-state index contributed by atoms with van der Waals surface area (Å²) in [4.78, 5) is 0. The molecule has 0 unspecified atom stereocenters. The van der Waals surface area contributed by atoms with E-state index in [9.17, 15) is 10.2 Å². The smallest absolute Gasteiger partial charge is 0.0690 e. The van der Waals surface area contributed by atoms with Crippen molar-refractivity contribution < 1.29 is 10.2 Å². The van der Waals surface area contributed by atoms with Gasteiger partial charge in [-0.15, -0.1) is 0 Å². The minimum atomic E-state index is -0.765. The maximum absolute atomic E-state index is 11.7. The summed E-state index contributed by atoms with van der Waals surface area (Å²) < 4.78 is 4.75. The Morgan fingerprint density at radius 3 is 1.39 bits per heavy atom. The molecule has 0 aliphatic heterocycles. The van der Waals surface area contributed by atoms with E-state index in [-0.39, 0.29) is 0 Å². The van der Waals surface area contributed by atoms with Gasteiger partial charge in [0.05, 0.1) is 11.2 Å². The Morgan fingerprint density at radius 2 is 1.00 bits per heavy atom. The maximum atomic E-state index is 11.7. The SMILES string of the molecule is CCCCCn1cc(CC2(O)CCC(O)(Cc3cn(CCCCC)c4ccccc34)CC2)c2ccccc21. The molecule has 2 aromatic heterocycles. The third-order valence-electron chi connectivity index (χ3n) is 8.90. The summed E-state index contributed by atoms with van der Waals surface area (Å²) in [6, 6.07) is 17.2. The molecule has 5 rings (SSSR count). The number of fused-ring (bicyclic) bond motifs is 2. The molecule has 1 saturated carbocycles. The molecular weight excluding hydrogens is 468 g/mol. The van der Waals surface area contributed by atoms with Gasteiger partial charge in [-0.2, -0.15) is 0 Å². The van der Waals surface area contributed by atoms with Gasteiger partial charge < -0.3 is 19.3 Å². The Kier molecular flexibility index (Phi) is 8.30. The number of rotatable bonds is 12. The monoisotopic (exact) mass is 514 g/mol. The van der Waals surface area contributed by atoms with Crippen LogP contribution in [0, 0.1) is 0 Å². The summed E-state index contributed by atoms with van der Waals surface area (Å²) >= 11 is 0. The number of aromatic nitrogens is 2. The van der Waals surface area contributed by atoms with E-state index in [1.54, 1.807) is 0 Å². The van der Waals surface area contributed by atoms with Crippen LogP contribution in [0.3, 0.4) is 0 Å². The topological polar surface area (TPSA) is 50.3 Å². The molecule has 0 amide bonds. The van der Waals surface area contributed by atoms with Crippen molar-refractivity contribution in [2.45, 2.75) is 115 Å². The van der Waals surface area contributed by atoms with Gasteiger partial charge in [-0.1, -0.05) is 75.9 Å². The van der Waals surface area contributed by atoms with Crippen LogP contribution in [0.4, 0.5) is 0 Å². The lowest BCUT2D eigenvalue weighted by molar-refractivity contribution is -0.0796. The summed E-state index contributed by atoms with van der Waals surface area (Å²) in [6.07, 6.45) is 15.7. The van der Waals surface area contributed by atoms with Crippen LogP contribution in [-0.4, -0.2) is 30.5 Å². The van der Waals surface area contributed by atoms with Gasteiger partial charge in [0.1, 0.15) is 0 Å². The zero-order chi connectivity index (χ0) is 26.6. The Balaban J connectivity index is 1.28. The summed E-state index contributed by atoms with van der Waals surface area (Å²) in [5.41, 5.74) is 3.48. The molecule has 2 heterocycles. The van der Waals surface area contributed by atoms with Crippen molar-refractivity contribution in [2.75, 3.05) is 0 Å². The average molecular weight is 515 g/mol. The van der Waals surface area contributed by atoms with Gasteiger partial charge in [-0.05, 0) is 61.8 Å². The summed E-state index contributed by atoms with van der Waals surface area (Å²) in [6.45, 7) is 6.53. The van der Waals surface area contributed by atoms with Gasteiger partial charge in [0.15, 0.2) is 0 Å². The van der Waals surface area contributed by atoms with Crippen molar-refractivity contribution in [3.8, 4) is 0 Å². The summed E-state index contributed by atoms with van der Waals surface area (Å²) in [5.74, 6) is 0. The lowest BCUT2D eigenvalue weighted by atomic mass is 9.71. The molecule has 4 heteroatoms. The van der Waals surface area contributed by atoms with Crippen molar-refractivity contribution in [1.82, 2.24) is 9.13 Å². The van der Waals surface area contributed by atoms with E-state index in [1.165, 1.54) is 71.5 Å². The van der Waals surface area contributed by atoms with Gasteiger partial charge in [0.2, 0.25) is 0 Å². The highest BCUT2D eigenvalue weighted by atomic mass is 16.3. The molecule has 4 aromatic rings. The maximum Gasteiger partial charge on any atom is 0.0690 e. The lowest BCUT2D eigenvalue weighted by Gasteiger charge is -2.41. The fourth-order valence-corrected chi connectivity index (χ4v) is 6.60. The second kappa shape index (κ2) is 11.7. The van der Waals surface area contributed by atoms with Gasteiger partial charge in [-0.3, -0.25) is 0 Å². The Bertz CT molecular complexity index is 1240. The van der Waals surface area contributed by atoms with Gasteiger partial charge >= 0.3 is 0 Å². The van der Waals surface area contributed by atoms with Crippen molar-refractivity contribution in [3.05, 3.63) is 72.1 Å². The zero-order valence-corrected chi connectivity index (χ0v) is 23.5. The number of benzene rings is 2. The first-order chi connectivity index (χ1) is 18.4. The third-order valence-corrected chi connectivity index (χ3v) is 8.90. The fraction of sp³-hybridized carbons (Fsp3) is 0.529. The number of unbranched alkanes of at least 4 members (excludes halogenated alkanes) is 4. The highest BCUT2D eigenvalue weighted by Gasteiger charge is 2.41. The number of para-hydroxylation sites is 2. The van der Waals surface area contributed by atoms with E-state index >= 15 is 0 Å². The van der Waals surface area contributed by atoms with Crippen LogP contribution in [0.5, 0.6) is 0 Å². The standard InChI is InChI=1S/C34H46N2O2/c1-3-5-11-21-35-25-27(29-13-7-9-15-31(29)35)23-33(37)17-19-34(38,20-18-33)24-28-26-36(22-12-6-4-2)32-16-10-8-14-30(28)32/h7-10,13-16,25-26,37-38H,3-6,11-12,17-24H2,1-2H3. The van der Waals surface area contributed by atoms with Crippen LogP contribution < -0.4 is 0 Å². The van der Waals surface area contributed by atoms with Crippen LogP contribution >= 0.6 is 0 Å². The first-order valence-corrected chi connectivity index (χ1v) is 15.0.